The molecule has 4 rings (SSSR count). The van der Waals surface area contributed by atoms with Crippen molar-refractivity contribution in [3.8, 4) is 0 Å². The third-order valence-corrected chi connectivity index (χ3v) is 5.51. The lowest BCUT2D eigenvalue weighted by Crippen LogP contribution is -2.35. The summed E-state index contributed by atoms with van der Waals surface area (Å²) in [5, 5.41) is 3.72. The van der Waals surface area contributed by atoms with E-state index in [0.717, 1.165) is 23.0 Å². The number of alkyl halides is 3. The first-order chi connectivity index (χ1) is 15.8. The van der Waals surface area contributed by atoms with Crippen LogP contribution in [0.25, 0.3) is 16.5 Å². The van der Waals surface area contributed by atoms with E-state index in [1.165, 1.54) is 17.0 Å². The molecule has 2 aromatic carbocycles. The predicted octanol–water partition coefficient (Wildman–Crippen LogP) is 5.81. The highest BCUT2D eigenvalue weighted by molar-refractivity contribution is 6.07. The van der Waals surface area contributed by atoms with Crippen LogP contribution in [0.1, 0.15) is 37.3 Å². The molecular formula is C25H22F3N3O2. The Hall–Kier alpha value is -3.68. The third kappa shape index (κ3) is 4.89. The Kier molecular flexibility index (Phi) is 6.18. The van der Waals surface area contributed by atoms with Crippen molar-refractivity contribution in [2.45, 2.75) is 32.4 Å². The highest BCUT2D eigenvalue weighted by Crippen LogP contribution is 2.39. The zero-order chi connectivity index (χ0) is 23.6. The number of carbonyl (C=O) groups is 2. The SMILES string of the molecule is CCCC(=O)N1CC/C(=C\C(=O)Nc2ccc3cccnc3c2)c2ccc(C(F)(F)F)cc21. The number of rotatable bonds is 4. The van der Waals surface area contributed by atoms with E-state index < -0.39 is 17.6 Å². The van der Waals surface area contributed by atoms with Gasteiger partial charge in [0.05, 0.1) is 16.8 Å². The van der Waals surface area contributed by atoms with E-state index in [-0.39, 0.29) is 24.6 Å². The van der Waals surface area contributed by atoms with Gasteiger partial charge in [0.25, 0.3) is 0 Å². The lowest BCUT2D eigenvalue weighted by Gasteiger charge is -2.32. The van der Waals surface area contributed by atoms with Gasteiger partial charge in [-0.3, -0.25) is 14.6 Å². The van der Waals surface area contributed by atoms with Crippen molar-refractivity contribution < 1.29 is 22.8 Å². The van der Waals surface area contributed by atoms with Gasteiger partial charge >= 0.3 is 6.18 Å². The lowest BCUT2D eigenvalue weighted by molar-refractivity contribution is -0.137. The molecule has 0 atom stereocenters. The second kappa shape index (κ2) is 9.05. The van der Waals surface area contributed by atoms with Gasteiger partial charge in [-0.25, -0.2) is 0 Å². The van der Waals surface area contributed by atoms with Crippen molar-refractivity contribution in [2.75, 3.05) is 16.8 Å². The molecule has 1 aliphatic rings. The van der Waals surface area contributed by atoms with Gasteiger partial charge in [-0.15, -0.1) is 0 Å². The van der Waals surface area contributed by atoms with Gasteiger partial charge in [0.15, 0.2) is 0 Å². The van der Waals surface area contributed by atoms with Crippen molar-refractivity contribution in [1.29, 1.82) is 0 Å². The van der Waals surface area contributed by atoms with Gasteiger partial charge in [0.2, 0.25) is 11.8 Å². The number of anilines is 2. The van der Waals surface area contributed by atoms with Crippen LogP contribution in [0.5, 0.6) is 0 Å². The molecule has 2 heterocycles. The Labute approximate surface area is 188 Å². The van der Waals surface area contributed by atoms with E-state index >= 15 is 0 Å². The largest absolute Gasteiger partial charge is 0.416 e. The first-order valence-corrected chi connectivity index (χ1v) is 10.6. The molecule has 1 aliphatic heterocycles. The summed E-state index contributed by atoms with van der Waals surface area (Å²) in [4.78, 5) is 30.9. The molecule has 0 radical (unpaired) electrons. The first-order valence-electron chi connectivity index (χ1n) is 10.6. The molecule has 1 N–H and O–H groups in total. The van der Waals surface area contributed by atoms with E-state index in [2.05, 4.69) is 10.3 Å². The average Bonchev–Trinajstić information content (AvgIpc) is 2.78. The summed E-state index contributed by atoms with van der Waals surface area (Å²) in [6.45, 7) is 2.05. The van der Waals surface area contributed by atoms with Gasteiger partial charge < -0.3 is 10.2 Å². The maximum atomic E-state index is 13.3. The molecule has 5 nitrogen and oxygen atoms in total. The number of nitrogens with one attached hydrogen (secondary N) is 1. The molecule has 3 aromatic rings. The van der Waals surface area contributed by atoms with E-state index in [1.54, 1.807) is 18.3 Å². The molecule has 0 aliphatic carbocycles. The second-order valence-corrected chi connectivity index (χ2v) is 7.84. The number of pyridine rings is 1. The molecular weight excluding hydrogens is 431 g/mol. The second-order valence-electron chi connectivity index (χ2n) is 7.84. The molecule has 0 bridgehead atoms. The summed E-state index contributed by atoms with van der Waals surface area (Å²) in [5.41, 5.74) is 1.68. The van der Waals surface area contributed by atoms with Gasteiger partial charge in [0.1, 0.15) is 0 Å². The number of carbonyl (C=O) groups excluding carboxylic acids is 2. The zero-order valence-electron chi connectivity index (χ0n) is 17.9. The van der Waals surface area contributed by atoms with Crippen LogP contribution in [0.4, 0.5) is 24.5 Å². The summed E-state index contributed by atoms with van der Waals surface area (Å²) < 4.78 is 39.9. The summed E-state index contributed by atoms with van der Waals surface area (Å²) in [6.07, 6.45) is -0.287. The Balaban J connectivity index is 1.65. The Morgan fingerprint density at radius 1 is 1.15 bits per heavy atom. The van der Waals surface area contributed by atoms with Crippen molar-refractivity contribution >= 4 is 39.7 Å². The fourth-order valence-corrected chi connectivity index (χ4v) is 3.93. The number of aromatic nitrogens is 1. The van der Waals surface area contributed by atoms with Crippen molar-refractivity contribution in [2.24, 2.45) is 0 Å². The monoisotopic (exact) mass is 453 g/mol. The maximum absolute atomic E-state index is 13.3. The molecule has 1 aromatic heterocycles. The van der Waals surface area contributed by atoms with E-state index in [4.69, 9.17) is 0 Å². The van der Waals surface area contributed by atoms with E-state index in [9.17, 15) is 22.8 Å². The number of amides is 2. The number of halogens is 3. The van der Waals surface area contributed by atoms with E-state index in [0.29, 0.717) is 29.7 Å². The van der Waals surface area contributed by atoms with Crippen LogP contribution in [-0.4, -0.2) is 23.3 Å². The molecule has 0 spiro atoms. The summed E-state index contributed by atoms with van der Waals surface area (Å²) in [6, 6.07) is 12.4. The number of benzene rings is 2. The Morgan fingerprint density at radius 2 is 1.97 bits per heavy atom. The molecule has 0 saturated heterocycles. The van der Waals surface area contributed by atoms with Gasteiger partial charge in [0, 0.05) is 41.9 Å². The predicted molar refractivity (Wildman–Crippen MR) is 122 cm³/mol. The molecule has 170 valence electrons. The van der Waals surface area contributed by atoms with Crippen LogP contribution in [0.3, 0.4) is 0 Å². The van der Waals surface area contributed by atoms with Crippen molar-refractivity contribution in [1.82, 2.24) is 4.98 Å². The smallest absolute Gasteiger partial charge is 0.322 e. The van der Waals surface area contributed by atoms with Crippen LogP contribution >= 0.6 is 0 Å². The fraction of sp³-hybridized carbons (Fsp3) is 0.240. The minimum absolute atomic E-state index is 0.184. The summed E-state index contributed by atoms with van der Waals surface area (Å²) in [5.74, 6) is -0.635. The highest BCUT2D eigenvalue weighted by atomic mass is 19.4. The quantitative estimate of drug-likeness (QED) is 0.507. The van der Waals surface area contributed by atoms with Gasteiger partial charge in [-0.1, -0.05) is 25.1 Å². The van der Waals surface area contributed by atoms with E-state index in [1.807, 2.05) is 25.1 Å². The van der Waals surface area contributed by atoms with Crippen molar-refractivity contribution in [3.63, 3.8) is 0 Å². The summed E-state index contributed by atoms with van der Waals surface area (Å²) in [7, 11) is 0. The average molecular weight is 453 g/mol. The molecule has 0 saturated carbocycles. The molecule has 0 fully saturated rings. The van der Waals surface area contributed by atoms with Crippen LogP contribution in [0, 0.1) is 0 Å². The molecule has 33 heavy (non-hydrogen) atoms. The van der Waals surface area contributed by atoms with Crippen LogP contribution < -0.4 is 10.2 Å². The number of hydrogen-bond acceptors (Lipinski definition) is 3. The Morgan fingerprint density at radius 3 is 2.73 bits per heavy atom. The number of fused-ring (bicyclic) bond motifs is 2. The molecule has 2 amide bonds. The highest BCUT2D eigenvalue weighted by Gasteiger charge is 2.34. The van der Waals surface area contributed by atoms with Gasteiger partial charge in [-0.2, -0.15) is 13.2 Å². The third-order valence-electron chi connectivity index (χ3n) is 5.51. The van der Waals surface area contributed by atoms with Crippen LogP contribution in [0.2, 0.25) is 0 Å². The standard InChI is InChI=1S/C25H22F3N3O2/c1-2-4-24(33)31-12-10-17(20-9-7-18(14-22(20)31)25(26,27)28)13-23(32)30-19-8-6-16-5-3-11-29-21(16)15-19/h3,5-9,11,13-15H,2,4,10,12H2,1H3,(H,30,32)/b17-13+. The van der Waals surface area contributed by atoms with Gasteiger partial charge in [-0.05, 0) is 48.7 Å². The normalized spacial score (nSPS) is 14.9. The topological polar surface area (TPSA) is 62.3 Å². The number of nitrogens with zero attached hydrogens (tertiary/aromatic N) is 2. The molecule has 8 heteroatoms. The molecule has 0 unspecified atom stereocenters. The lowest BCUT2D eigenvalue weighted by atomic mass is 9.93. The fourth-order valence-electron chi connectivity index (χ4n) is 3.93. The zero-order valence-corrected chi connectivity index (χ0v) is 17.9. The van der Waals surface area contributed by atoms with Crippen LogP contribution in [0.15, 0.2) is 60.8 Å². The van der Waals surface area contributed by atoms with Crippen molar-refractivity contribution in [3.05, 3.63) is 71.9 Å². The Bertz CT molecular complexity index is 1250. The first kappa shape index (κ1) is 22.5. The summed E-state index contributed by atoms with van der Waals surface area (Å²) >= 11 is 0. The maximum Gasteiger partial charge on any atom is 0.416 e. The number of hydrogen-bond donors (Lipinski definition) is 1. The minimum Gasteiger partial charge on any atom is -0.322 e. The van der Waals surface area contributed by atoms with Crippen LogP contribution in [-0.2, 0) is 15.8 Å². The minimum atomic E-state index is -4.53.